The molecule has 2 rings (SSSR count). The fourth-order valence-corrected chi connectivity index (χ4v) is 2.26. The van der Waals surface area contributed by atoms with Gasteiger partial charge in [0.2, 0.25) is 5.91 Å². The molecule has 1 saturated heterocycles. The van der Waals surface area contributed by atoms with E-state index in [9.17, 15) is 22.8 Å². The van der Waals surface area contributed by atoms with E-state index in [1.807, 2.05) is 0 Å². The molecule has 5 nitrogen and oxygen atoms in total. The Hall–Kier alpha value is -1.96. The number of methoxy groups -OCH3 is 1. The van der Waals surface area contributed by atoms with Crippen LogP contribution in [-0.2, 0) is 4.79 Å². The first-order valence-corrected chi connectivity index (χ1v) is 6.56. The van der Waals surface area contributed by atoms with E-state index < -0.39 is 37.7 Å². The number of ether oxygens (including phenoxy) is 1. The van der Waals surface area contributed by atoms with Gasteiger partial charge in [-0.25, -0.2) is 0 Å². The van der Waals surface area contributed by atoms with Gasteiger partial charge in [-0.3, -0.25) is 9.59 Å². The Labute approximate surface area is 129 Å². The first kappa shape index (κ1) is 16.4. The number of carbonyl (C=O) groups excluding carboxylic acids is 2. The molecule has 0 bridgehead atoms. The molecule has 1 fully saturated rings. The third-order valence-corrected chi connectivity index (χ3v) is 3.31. The Bertz CT molecular complexity index is 607. The van der Waals surface area contributed by atoms with Crippen molar-refractivity contribution in [3.05, 3.63) is 28.8 Å². The third kappa shape index (κ3) is 3.62. The normalized spacial score (nSPS) is 15.4. The summed E-state index contributed by atoms with van der Waals surface area (Å²) in [6.07, 6.45) is -4.51. The fraction of sp³-hybridized carbons (Fsp3) is 0.385. The van der Waals surface area contributed by atoms with Crippen molar-refractivity contribution in [2.24, 2.45) is 0 Å². The summed E-state index contributed by atoms with van der Waals surface area (Å²) in [4.78, 5) is 25.5. The zero-order valence-electron chi connectivity index (χ0n) is 11.5. The number of rotatable bonds is 3. The summed E-state index contributed by atoms with van der Waals surface area (Å²) in [7, 11) is 1.34. The fourth-order valence-electron chi connectivity index (χ4n) is 2.10. The van der Waals surface area contributed by atoms with Crippen molar-refractivity contribution in [3.63, 3.8) is 0 Å². The molecule has 0 atom stereocenters. The highest BCUT2D eigenvalue weighted by Crippen LogP contribution is 2.26. The van der Waals surface area contributed by atoms with Crippen LogP contribution in [0, 0.1) is 0 Å². The van der Waals surface area contributed by atoms with E-state index in [1.54, 1.807) is 0 Å². The molecule has 0 saturated carbocycles. The lowest BCUT2D eigenvalue weighted by Gasteiger charge is -2.20. The molecule has 0 radical (unpaired) electrons. The second-order valence-electron chi connectivity index (χ2n) is 4.70. The maximum absolute atomic E-state index is 12.4. The lowest BCUT2D eigenvalue weighted by molar-refractivity contribution is -0.157. The van der Waals surface area contributed by atoms with Gasteiger partial charge in [0.15, 0.2) is 0 Å². The topological polar surface area (TPSA) is 49.9 Å². The van der Waals surface area contributed by atoms with E-state index in [-0.39, 0.29) is 11.3 Å². The van der Waals surface area contributed by atoms with E-state index in [0.29, 0.717) is 9.92 Å². The standard InChI is InChI=1S/C13H12ClF3N2O3/c1-22-10-4-8(14)2-3-9(10)12(21)18-5-11(20)19(7-18)6-13(15,16)17/h2-4H,5-7H2,1H3. The summed E-state index contributed by atoms with van der Waals surface area (Å²) in [6, 6.07) is 4.28. The minimum Gasteiger partial charge on any atom is -0.496 e. The molecule has 1 aromatic carbocycles. The van der Waals surface area contributed by atoms with Gasteiger partial charge in [0.25, 0.3) is 5.91 Å². The minimum absolute atomic E-state index is 0.133. The van der Waals surface area contributed by atoms with Gasteiger partial charge in [0.1, 0.15) is 18.8 Å². The Morgan fingerprint density at radius 3 is 2.68 bits per heavy atom. The van der Waals surface area contributed by atoms with Crippen LogP contribution in [0.4, 0.5) is 13.2 Å². The van der Waals surface area contributed by atoms with Gasteiger partial charge in [-0.1, -0.05) is 11.6 Å². The molecule has 0 spiro atoms. The van der Waals surface area contributed by atoms with Crippen molar-refractivity contribution in [3.8, 4) is 5.75 Å². The Morgan fingerprint density at radius 2 is 2.09 bits per heavy atom. The number of benzene rings is 1. The van der Waals surface area contributed by atoms with Crippen molar-refractivity contribution in [2.75, 3.05) is 26.9 Å². The lowest BCUT2D eigenvalue weighted by atomic mass is 10.2. The van der Waals surface area contributed by atoms with Crippen molar-refractivity contribution in [1.29, 1.82) is 0 Å². The molecule has 1 aliphatic heterocycles. The summed E-state index contributed by atoms with van der Waals surface area (Å²) >= 11 is 5.79. The van der Waals surface area contributed by atoms with E-state index in [1.165, 1.54) is 25.3 Å². The number of alkyl halides is 3. The molecule has 120 valence electrons. The predicted molar refractivity (Wildman–Crippen MR) is 71.7 cm³/mol. The number of carbonyl (C=O) groups is 2. The SMILES string of the molecule is COc1cc(Cl)ccc1C(=O)N1CC(=O)N(CC(F)(F)F)C1. The Balaban J connectivity index is 2.16. The summed E-state index contributed by atoms with van der Waals surface area (Å²) in [5, 5.41) is 0.351. The molecule has 22 heavy (non-hydrogen) atoms. The highest BCUT2D eigenvalue weighted by molar-refractivity contribution is 6.30. The Kier molecular flexibility index (Phi) is 4.50. The highest BCUT2D eigenvalue weighted by Gasteiger charge is 2.39. The lowest BCUT2D eigenvalue weighted by Crippen LogP contribution is -2.37. The number of halogens is 4. The number of amides is 2. The highest BCUT2D eigenvalue weighted by atomic mass is 35.5. The second kappa shape index (κ2) is 6.04. The molecule has 9 heteroatoms. The van der Waals surface area contributed by atoms with Crippen molar-refractivity contribution >= 4 is 23.4 Å². The van der Waals surface area contributed by atoms with Crippen molar-refractivity contribution < 1.29 is 27.5 Å². The summed E-state index contributed by atoms with van der Waals surface area (Å²) in [6.45, 7) is -2.20. The number of nitrogens with zero attached hydrogens (tertiary/aromatic N) is 2. The molecular weight excluding hydrogens is 325 g/mol. The van der Waals surface area contributed by atoms with Crippen LogP contribution in [0.5, 0.6) is 5.75 Å². The quantitative estimate of drug-likeness (QED) is 0.850. The van der Waals surface area contributed by atoms with Crippen molar-refractivity contribution in [1.82, 2.24) is 9.80 Å². The smallest absolute Gasteiger partial charge is 0.406 e. The number of hydrogen-bond acceptors (Lipinski definition) is 3. The molecule has 0 N–H and O–H groups in total. The zero-order chi connectivity index (χ0) is 16.5. The van der Waals surface area contributed by atoms with Crippen LogP contribution >= 0.6 is 11.6 Å². The largest absolute Gasteiger partial charge is 0.496 e. The molecule has 0 aliphatic carbocycles. The second-order valence-corrected chi connectivity index (χ2v) is 5.13. The van der Waals surface area contributed by atoms with Crippen molar-refractivity contribution in [2.45, 2.75) is 6.18 Å². The zero-order valence-corrected chi connectivity index (χ0v) is 12.2. The number of hydrogen-bond donors (Lipinski definition) is 0. The third-order valence-electron chi connectivity index (χ3n) is 3.07. The maximum Gasteiger partial charge on any atom is 0.406 e. The molecule has 1 aliphatic rings. The summed E-state index contributed by atoms with van der Waals surface area (Å²) < 4.78 is 42.1. The van der Waals surface area contributed by atoms with E-state index in [0.717, 1.165) is 4.90 Å². The van der Waals surface area contributed by atoms with Gasteiger partial charge in [0, 0.05) is 5.02 Å². The molecule has 1 heterocycles. The van der Waals surface area contributed by atoms with Crippen LogP contribution in [0.3, 0.4) is 0 Å². The summed E-state index contributed by atoms with van der Waals surface area (Å²) in [5.41, 5.74) is 0.133. The maximum atomic E-state index is 12.4. The van der Waals surface area contributed by atoms with Gasteiger partial charge >= 0.3 is 6.18 Å². The van der Waals surface area contributed by atoms with Crippen LogP contribution < -0.4 is 4.74 Å². The van der Waals surface area contributed by atoms with Crippen LogP contribution in [0.25, 0.3) is 0 Å². The van der Waals surface area contributed by atoms with Gasteiger partial charge in [0.05, 0.1) is 19.3 Å². The van der Waals surface area contributed by atoms with Gasteiger partial charge in [-0.15, -0.1) is 0 Å². The molecule has 1 aromatic rings. The molecule has 2 amide bonds. The molecule has 0 unspecified atom stereocenters. The monoisotopic (exact) mass is 336 g/mol. The van der Waals surface area contributed by atoms with E-state index in [4.69, 9.17) is 16.3 Å². The van der Waals surface area contributed by atoms with Crippen LogP contribution in [0.2, 0.25) is 5.02 Å². The van der Waals surface area contributed by atoms with Gasteiger partial charge in [-0.05, 0) is 18.2 Å². The average molecular weight is 337 g/mol. The summed E-state index contributed by atoms with van der Waals surface area (Å²) in [5.74, 6) is -1.15. The van der Waals surface area contributed by atoms with E-state index >= 15 is 0 Å². The predicted octanol–water partition coefficient (Wildman–Crippen LogP) is 2.15. The minimum atomic E-state index is -4.51. The molecular formula is C13H12ClF3N2O3. The first-order valence-electron chi connectivity index (χ1n) is 6.18. The molecule has 0 aromatic heterocycles. The average Bonchev–Trinajstić information content (AvgIpc) is 2.77. The van der Waals surface area contributed by atoms with Crippen LogP contribution in [-0.4, -0.2) is 54.7 Å². The first-order chi connectivity index (χ1) is 10.2. The van der Waals surface area contributed by atoms with E-state index in [2.05, 4.69) is 0 Å². The van der Waals surface area contributed by atoms with Crippen LogP contribution in [0.15, 0.2) is 18.2 Å². The van der Waals surface area contributed by atoms with Gasteiger partial charge in [-0.2, -0.15) is 13.2 Å². The van der Waals surface area contributed by atoms with Crippen LogP contribution in [0.1, 0.15) is 10.4 Å². The van der Waals surface area contributed by atoms with Gasteiger partial charge < -0.3 is 14.5 Å². The Morgan fingerprint density at radius 1 is 1.41 bits per heavy atom.